The second-order valence-electron chi connectivity index (χ2n) is 10.6. The zero-order valence-corrected chi connectivity index (χ0v) is 22.8. The van der Waals surface area contributed by atoms with Crippen LogP contribution in [0, 0.1) is 47.3 Å². The molecule has 6 aromatic rings. The molecule has 42 heavy (non-hydrogen) atoms. The second kappa shape index (κ2) is 9.91. The molecule has 0 N–H and O–H groups in total. The van der Waals surface area contributed by atoms with Crippen molar-refractivity contribution in [3.05, 3.63) is 142 Å². The standard InChI is InChI=1S/C38H24N4/c1-3-19-41-31-17-7-5-15-29(31)35-34(28-14-10-12-26(22-28)24-40)38-36(30-16-6-8-18-32(30)42(38)20-4-2)33(37(35)41)27-13-9-11-25(21-27)23-39/h1-2,5-18,21-22,33-34H,19-20H2. The Bertz CT molecular complexity index is 2060. The third-order valence-electron chi connectivity index (χ3n) is 8.42. The van der Waals surface area contributed by atoms with Crippen molar-refractivity contribution in [2.75, 3.05) is 0 Å². The highest BCUT2D eigenvalue weighted by molar-refractivity contribution is 5.94. The lowest BCUT2D eigenvalue weighted by molar-refractivity contribution is 0.687. The van der Waals surface area contributed by atoms with E-state index in [0.29, 0.717) is 24.2 Å². The Hall–Kier alpha value is -5.94. The summed E-state index contributed by atoms with van der Waals surface area (Å²) in [6, 6.07) is 37.1. The minimum Gasteiger partial charge on any atom is -0.332 e. The van der Waals surface area contributed by atoms with E-state index >= 15 is 0 Å². The predicted octanol–water partition coefficient (Wildman–Crippen LogP) is 7.28. The van der Waals surface area contributed by atoms with Gasteiger partial charge in [-0.05, 0) is 58.7 Å². The Morgan fingerprint density at radius 2 is 1.00 bits per heavy atom. The van der Waals surface area contributed by atoms with Crippen molar-refractivity contribution in [1.82, 2.24) is 9.13 Å². The molecule has 4 aromatic carbocycles. The highest BCUT2D eigenvalue weighted by atomic mass is 15.0. The van der Waals surface area contributed by atoms with Crippen molar-refractivity contribution in [3.8, 4) is 36.8 Å². The lowest BCUT2D eigenvalue weighted by Crippen LogP contribution is -2.24. The van der Waals surface area contributed by atoms with Crippen LogP contribution in [0.3, 0.4) is 0 Å². The number of nitrogens with zero attached hydrogens (tertiary/aromatic N) is 4. The molecule has 0 saturated heterocycles. The van der Waals surface area contributed by atoms with Gasteiger partial charge in [0.1, 0.15) is 0 Å². The molecule has 2 atom stereocenters. The Balaban J connectivity index is 1.72. The number of benzene rings is 4. The lowest BCUT2D eigenvalue weighted by atomic mass is 9.72. The van der Waals surface area contributed by atoms with Crippen LogP contribution in [-0.2, 0) is 13.1 Å². The van der Waals surface area contributed by atoms with Gasteiger partial charge in [-0.1, -0.05) is 72.5 Å². The summed E-state index contributed by atoms with van der Waals surface area (Å²) in [4.78, 5) is 0. The van der Waals surface area contributed by atoms with Crippen LogP contribution in [0.2, 0.25) is 0 Å². The molecule has 2 heterocycles. The summed E-state index contributed by atoms with van der Waals surface area (Å²) in [5.74, 6) is 5.39. The largest absolute Gasteiger partial charge is 0.332 e. The first-order valence-electron chi connectivity index (χ1n) is 13.8. The molecule has 0 bridgehead atoms. The van der Waals surface area contributed by atoms with Gasteiger partial charge >= 0.3 is 0 Å². The van der Waals surface area contributed by atoms with Crippen LogP contribution in [0.25, 0.3) is 21.8 Å². The van der Waals surface area contributed by atoms with Gasteiger partial charge in [-0.15, -0.1) is 12.8 Å². The number of hydrogen-bond acceptors (Lipinski definition) is 2. The van der Waals surface area contributed by atoms with E-state index in [-0.39, 0.29) is 11.8 Å². The number of fused-ring (bicyclic) bond motifs is 6. The molecular formula is C38H24N4. The van der Waals surface area contributed by atoms with E-state index < -0.39 is 0 Å². The summed E-state index contributed by atoms with van der Waals surface area (Å²) in [6.45, 7) is 0.793. The van der Waals surface area contributed by atoms with Crippen molar-refractivity contribution in [2.24, 2.45) is 0 Å². The second-order valence-corrected chi connectivity index (χ2v) is 10.6. The van der Waals surface area contributed by atoms with Gasteiger partial charge in [0.15, 0.2) is 0 Å². The quantitative estimate of drug-likeness (QED) is 0.222. The predicted molar refractivity (Wildman–Crippen MR) is 166 cm³/mol. The third-order valence-corrected chi connectivity index (χ3v) is 8.42. The molecule has 1 aliphatic rings. The molecule has 1 aliphatic carbocycles. The van der Waals surface area contributed by atoms with Crippen molar-refractivity contribution in [1.29, 1.82) is 10.5 Å². The first kappa shape index (κ1) is 25.1. The van der Waals surface area contributed by atoms with Gasteiger partial charge in [0.2, 0.25) is 0 Å². The molecule has 0 saturated carbocycles. The summed E-state index contributed by atoms with van der Waals surface area (Å²) < 4.78 is 4.51. The highest BCUT2D eigenvalue weighted by Crippen LogP contribution is 2.55. The minimum absolute atomic E-state index is 0.205. The van der Waals surface area contributed by atoms with E-state index in [1.54, 1.807) is 0 Å². The van der Waals surface area contributed by atoms with Crippen molar-refractivity contribution in [2.45, 2.75) is 24.9 Å². The fourth-order valence-corrected chi connectivity index (χ4v) is 6.95. The molecule has 0 amide bonds. The molecule has 0 radical (unpaired) electrons. The van der Waals surface area contributed by atoms with Crippen LogP contribution in [0.15, 0.2) is 97.1 Å². The molecule has 0 spiro atoms. The maximum Gasteiger partial charge on any atom is 0.0991 e. The van der Waals surface area contributed by atoms with Crippen LogP contribution in [-0.4, -0.2) is 9.13 Å². The molecule has 4 heteroatoms. The zero-order valence-electron chi connectivity index (χ0n) is 22.8. The Morgan fingerprint density at radius 3 is 1.40 bits per heavy atom. The van der Waals surface area contributed by atoms with Gasteiger partial charge in [-0.2, -0.15) is 10.5 Å². The van der Waals surface area contributed by atoms with Gasteiger partial charge in [0, 0.05) is 33.2 Å². The van der Waals surface area contributed by atoms with E-state index in [9.17, 15) is 10.5 Å². The molecular weight excluding hydrogens is 512 g/mol. The number of para-hydroxylation sites is 2. The summed E-state index contributed by atoms with van der Waals surface area (Å²) in [5.41, 5.74) is 9.87. The van der Waals surface area contributed by atoms with Gasteiger partial charge in [-0.3, -0.25) is 0 Å². The van der Waals surface area contributed by atoms with E-state index in [2.05, 4.69) is 81.6 Å². The molecule has 0 aliphatic heterocycles. The highest BCUT2D eigenvalue weighted by Gasteiger charge is 2.42. The maximum atomic E-state index is 9.86. The van der Waals surface area contributed by atoms with Crippen LogP contribution >= 0.6 is 0 Å². The van der Waals surface area contributed by atoms with E-state index in [4.69, 9.17) is 12.8 Å². The number of rotatable bonds is 4. The smallest absolute Gasteiger partial charge is 0.0991 e. The van der Waals surface area contributed by atoms with Crippen LogP contribution < -0.4 is 0 Å². The van der Waals surface area contributed by atoms with Crippen LogP contribution in [0.5, 0.6) is 0 Å². The topological polar surface area (TPSA) is 57.4 Å². The van der Waals surface area contributed by atoms with Gasteiger partial charge in [-0.25, -0.2) is 0 Å². The number of hydrogen-bond donors (Lipinski definition) is 0. The third kappa shape index (κ3) is 3.57. The van der Waals surface area contributed by atoms with Crippen molar-refractivity contribution >= 4 is 21.8 Å². The molecule has 4 nitrogen and oxygen atoms in total. The van der Waals surface area contributed by atoms with E-state index in [0.717, 1.165) is 55.4 Å². The van der Waals surface area contributed by atoms with Gasteiger partial charge < -0.3 is 9.13 Å². The zero-order chi connectivity index (χ0) is 28.8. The molecule has 2 aromatic heterocycles. The van der Waals surface area contributed by atoms with Crippen molar-refractivity contribution < 1.29 is 0 Å². The average Bonchev–Trinajstić information content (AvgIpc) is 3.53. The summed E-state index contributed by atoms with van der Waals surface area (Å²) in [7, 11) is 0. The maximum absolute atomic E-state index is 9.86. The fraction of sp³-hybridized carbons (Fsp3) is 0.105. The molecule has 196 valence electrons. The van der Waals surface area contributed by atoms with Crippen LogP contribution in [0.4, 0.5) is 0 Å². The minimum atomic E-state index is -0.205. The normalized spacial score (nSPS) is 15.2. The molecule has 2 unspecified atom stereocenters. The Kier molecular flexibility index (Phi) is 5.91. The van der Waals surface area contributed by atoms with E-state index in [1.165, 1.54) is 0 Å². The molecule has 7 rings (SSSR count). The first-order valence-corrected chi connectivity index (χ1v) is 13.8. The average molecular weight is 537 g/mol. The van der Waals surface area contributed by atoms with Gasteiger partial charge in [0.25, 0.3) is 0 Å². The Labute approximate surface area is 244 Å². The summed E-state index contributed by atoms with van der Waals surface area (Å²) in [5, 5.41) is 21.9. The molecule has 0 fully saturated rings. The summed E-state index contributed by atoms with van der Waals surface area (Å²) in [6.07, 6.45) is 12.0. The summed E-state index contributed by atoms with van der Waals surface area (Å²) >= 11 is 0. The van der Waals surface area contributed by atoms with Crippen molar-refractivity contribution in [3.63, 3.8) is 0 Å². The lowest BCUT2D eigenvalue weighted by Gasteiger charge is -2.33. The number of aromatic nitrogens is 2. The van der Waals surface area contributed by atoms with Crippen LogP contribution in [0.1, 0.15) is 56.6 Å². The monoisotopic (exact) mass is 536 g/mol. The SMILES string of the molecule is C#CCn1c2c(c3ccccc31)C(c1cccc(C#N)c1)c1c(c3ccccc3n1CC#C)C2c1cccc(C#N)c1. The van der Waals surface area contributed by atoms with E-state index in [1.807, 2.05) is 48.5 Å². The Morgan fingerprint density at radius 1 is 0.571 bits per heavy atom. The fourth-order valence-electron chi connectivity index (χ4n) is 6.95. The number of terminal acetylenes is 2. The van der Waals surface area contributed by atoms with Gasteiger partial charge in [0.05, 0.1) is 48.2 Å². The first-order chi connectivity index (χ1) is 20.7. The number of nitriles is 2.